The Morgan fingerprint density at radius 3 is 2.32 bits per heavy atom. The first-order chi connectivity index (χ1) is 14.9. The molecule has 1 fully saturated rings. The van der Waals surface area contributed by atoms with Crippen molar-refractivity contribution in [2.24, 2.45) is 5.92 Å². The Morgan fingerprint density at radius 1 is 1.03 bits per heavy atom. The molecular formula is C24H33N3O3S. The van der Waals surface area contributed by atoms with E-state index in [-0.39, 0.29) is 10.8 Å². The Hall–Kier alpha value is -2.38. The van der Waals surface area contributed by atoms with E-state index in [9.17, 15) is 13.2 Å². The maximum Gasteiger partial charge on any atom is 0.251 e. The minimum absolute atomic E-state index is 0.174. The minimum atomic E-state index is -3.49. The van der Waals surface area contributed by atoms with Crippen molar-refractivity contribution in [1.29, 1.82) is 0 Å². The van der Waals surface area contributed by atoms with E-state index in [4.69, 9.17) is 0 Å². The summed E-state index contributed by atoms with van der Waals surface area (Å²) in [5.41, 5.74) is 1.66. The highest BCUT2D eigenvalue weighted by Crippen LogP contribution is 2.23. The van der Waals surface area contributed by atoms with Crippen LogP contribution in [-0.4, -0.2) is 51.9 Å². The van der Waals surface area contributed by atoms with Crippen LogP contribution in [0.1, 0.15) is 43.0 Å². The number of nitrogens with one attached hydrogen (secondary N) is 1. The van der Waals surface area contributed by atoms with Gasteiger partial charge in [0.15, 0.2) is 0 Å². The van der Waals surface area contributed by atoms with Gasteiger partial charge in [-0.15, -0.1) is 0 Å². The summed E-state index contributed by atoms with van der Waals surface area (Å²) in [6, 6.07) is 16.5. The van der Waals surface area contributed by atoms with E-state index >= 15 is 0 Å². The van der Waals surface area contributed by atoms with E-state index in [1.807, 2.05) is 18.2 Å². The standard InChI is InChI=1S/C24H33N3O3S/c1-20-14-18-27(19-15-20)31(29,30)23-12-10-21(11-13-23)24(28)25-16-6-7-17-26(2)22-8-4-3-5-9-22/h3-5,8-13,20H,6-7,14-19H2,1-2H3,(H,25,28). The lowest BCUT2D eigenvalue weighted by Gasteiger charge is -2.29. The lowest BCUT2D eigenvalue weighted by Crippen LogP contribution is -2.37. The zero-order valence-corrected chi connectivity index (χ0v) is 19.3. The molecule has 1 aliphatic rings. The summed E-state index contributed by atoms with van der Waals surface area (Å²) in [5.74, 6) is 0.392. The highest BCUT2D eigenvalue weighted by Gasteiger charge is 2.28. The van der Waals surface area contributed by atoms with Gasteiger partial charge in [0.05, 0.1) is 4.90 Å². The van der Waals surface area contributed by atoms with Gasteiger partial charge in [0.1, 0.15) is 0 Å². The first-order valence-corrected chi connectivity index (χ1v) is 12.5. The molecule has 1 N–H and O–H groups in total. The van der Waals surface area contributed by atoms with Crippen LogP contribution in [0.5, 0.6) is 0 Å². The van der Waals surface area contributed by atoms with Crippen LogP contribution in [0.15, 0.2) is 59.5 Å². The molecule has 2 aromatic rings. The first-order valence-electron chi connectivity index (χ1n) is 11.0. The van der Waals surface area contributed by atoms with Crippen molar-refractivity contribution in [2.45, 2.75) is 37.5 Å². The number of piperidine rings is 1. The number of sulfonamides is 1. The van der Waals surface area contributed by atoms with Gasteiger partial charge in [-0.05, 0) is 68.0 Å². The number of amides is 1. The number of hydrogen-bond acceptors (Lipinski definition) is 4. The molecule has 0 bridgehead atoms. The molecule has 0 spiro atoms. The lowest BCUT2D eigenvalue weighted by molar-refractivity contribution is 0.0953. The van der Waals surface area contributed by atoms with Gasteiger partial charge in [-0.3, -0.25) is 4.79 Å². The number of para-hydroxylation sites is 1. The summed E-state index contributed by atoms with van der Waals surface area (Å²) < 4.78 is 27.1. The van der Waals surface area contributed by atoms with Gasteiger partial charge in [-0.1, -0.05) is 25.1 Å². The molecule has 0 unspecified atom stereocenters. The Kier molecular flexibility index (Phi) is 8.09. The molecule has 1 amide bonds. The molecule has 6 nitrogen and oxygen atoms in total. The van der Waals surface area contributed by atoms with Crippen LogP contribution in [-0.2, 0) is 10.0 Å². The van der Waals surface area contributed by atoms with Gasteiger partial charge in [0.25, 0.3) is 5.91 Å². The molecule has 3 rings (SSSR count). The van der Waals surface area contributed by atoms with Crippen LogP contribution in [0.4, 0.5) is 5.69 Å². The van der Waals surface area contributed by atoms with Crippen LogP contribution in [0, 0.1) is 5.92 Å². The Balaban J connectivity index is 1.44. The van der Waals surface area contributed by atoms with E-state index in [1.165, 1.54) is 17.8 Å². The monoisotopic (exact) mass is 443 g/mol. The SMILES string of the molecule is CC1CCN(S(=O)(=O)c2ccc(C(=O)NCCCCN(C)c3ccccc3)cc2)CC1. The molecule has 0 aliphatic carbocycles. The zero-order chi connectivity index (χ0) is 22.3. The van der Waals surface area contributed by atoms with Crippen LogP contribution in [0.2, 0.25) is 0 Å². The number of anilines is 1. The molecule has 7 heteroatoms. The Labute approximate surface area is 186 Å². The predicted octanol–water partition coefficient (Wildman–Crippen LogP) is 3.75. The largest absolute Gasteiger partial charge is 0.375 e. The van der Waals surface area contributed by atoms with Crippen LogP contribution < -0.4 is 10.2 Å². The highest BCUT2D eigenvalue weighted by atomic mass is 32.2. The summed E-state index contributed by atoms with van der Waals surface area (Å²) in [6.07, 6.45) is 3.63. The van der Waals surface area contributed by atoms with Crippen molar-refractivity contribution >= 4 is 21.6 Å². The second kappa shape index (κ2) is 10.8. The summed E-state index contributed by atoms with van der Waals surface area (Å²) in [7, 11) is -1.42. The van der Waals surface area contributed by atoms with Crippen molar-refractivity contribution in [3.8, 4) is 0 Å². The van der Waals surface area contributed by atoms with Crippen LogP contribution in [0.25, 0.3) is 0 Å². The number of carbonyl (C=O) groups excluding carboxylic acids is 1. The summed E-state index contributed by atoms with van der Waals surface area (Å²) >= 11 is 0. The maximum absolute atomic E-state index is 12.8. The molecular weight excluding hydrogens is 410 g/mol. The molecule has 168 valence electrons. The normalized spacial score (nSPS) is 15.5. The summed E-state index contributed by atoms with van der Waals surface area (Å²) in [5, 5.41) is 2.92. The molecule has 2 aromatic carbocycles. The van der Waals surface area contributed by atoms with Crippen molar-refractivity contribution < 1.29 is 13.2 Å². The lowest BCUT2D eigenvalue weighted by atomic mass is 10.0. The van der Waals surface area contributed by atoms with Crippen molar-refractivity contribution in [3.63, 3.8) is 0 Å². The topological polar surface area (TPSA) is 69.7 Å². The number of benzene rings is 2. The zero-order valence-electron chi connectivity index (χ0n) is 18.5. The minimum Gasteiger partial charge on any atom is -0.375 e. The molecule has 1 heterocycles. The Bertz CT molecular complexity index is 938. The summed E-state index contributed by atoms with van der Waals surface area (Å²) in [4.78, 5) is 14.8. The van der Waals surface area contributed by atoms with Crippen LogP contribution in [0.3, 0.4) is 0 Å². The third-order valence-electron chi connectivity index (χ3n) is 5.90. The average Bonchev–Trinajstić information content (AvgIpc) is 2.79. The summed E-state index contributed by atoms with van der Waals surface area (Å²) in [6.45, 7) is 4.78. The molecule has 1 saturated heterocycles. The molecule has 0 aromatic heterocycles. The number of unbranched alkanes of at least 4 members (excludes halogenated alkanes) is 1. The second-order valence-electron chi connectivity index (χ2n) is 8.33. The van der Waals surface area contributed by atoms with Gasteiger partial charge in [0, 0.05) is 44.5 Å². The van der Waals surface area contributed by atoms with E-state index in [1.54, 1.807) is 16.4 Å². The van der Waals surface area contributed by atoms with Crippen molar-refractivity contribution in [1.82, 2.24) is 9.62 Å². The van der Waals surface area contributed by atoms with E-state index in [2.05, 4.69) is 36.3 Å². The van der Waals surface area contributed by atoms with E-state index < -0.39 is 10.0 Å². The number of hydrogen-bond donors (Lipinski definition) is 1. The third-order valence-corrected chi connectivity index (χ3v) is 7.81. The fraction of sp³-hybridized carbons (Fsp3) is 0.458. The van der Waals surface area contributed by atoms with Gasteiger partial charge in [-0.25, -0.2) is 8.42 Å². The smallest absolute Gasteiger partial charge is 0.251 e. The molecule has 0 radical (unpaired) electrons. The fourth-order valence-electron chi connectivity index (χ4n) is 3.74. The Morgan fingerprint density at radius 2 is 1.68 bits per heavy atom. The average molecular weight is 444 g/mol. The fourth-order valence-corrected chi connectivity index (χ4v) is 5.21. The molecule has 1 aliphatic heterocycles. The van der Waals surface area contributed by atoms with Gasteiger partial charge in [0.2, 0.25) is 10.0 Å². The van der Waals surface area contributed by atoms with Crippen molar-refractivity contribution in [2.75, 3.05) is 38.1 Å². The first kappa shape index (κ1) is 23.3. The van der Waals surface area contributed by atoms with E-state index in [0.29, 0.717) is 31.1 Å². The van der Waals surface area contributed by atoms with Gasteiger partial charge >= 0.3 is 0 Å². The molecule has 31 heavy (non-hydrogen) atoms. The molecule has 0 saturated carbocycles. The quantitative estimate of drug-likeness (QED) is 0.599. The third kappa shape index (κ3) is 6.31. The van der Waals surface area contributed by atoms with Gasteiger partial charge < -0.3 is 10.2 Å². The maximum atomic E-state index is 12.8. The predicted molar refractivity (Wildman–Crippen MR) is 125 cm³/mol. The van der Waals surface area contributed by atoms with E-state index in [0.717, 1.165) is 32.2 Å². The number of rotatable bonds is 9. The van der Waals surface area contributed by atoms with Gasteiger partial charge in [-0.2, -0.15) is 4.31 Å². The van der Waals surface area contributed by atoms with Crippen molar-refractivity contribution in [3.05, 3.63) is 60.2 Å². The molecule has 0 atom stereocenters. The number of nitrogens with zero attached hydrogens (tertiary/aromatic N) is 2. The highest BCUT2D eigenvalue weighted by molar-refractivity contribution is 7.89. The van der Waals surface area contributed by atoms with Crippen LogP contribution >= 0.6 is 0 Å². The number of carbonyl (C=O) groups is 1. The second-order valence-corrected chi connectivity index (χ2v) is 10.3.